The molecule has 158 valence electrons. The van der Waals surface area contributed by atoms with Crippen LogP contribution in [0.4, 0.5) is 5.95 Å². The van der Waals surface area contributed by atoms with E-state index in [0.717, 1.165) is 35.5 Å². The van der Waals surface area contributed by atoms with Gasteiger partial charge in [0.1, 0.15) is 0 Å². The summed E-state index contributed by atoms with van der Waals surface area (Å²) in [6.07, 6.45) is 1.73. The molecule has 3 rings (SSSR count). The number of rotatable bonds is 6. The molecule has 0 bridgehead atoms. The lowest BCUT2D eigenvalue weighted by atomic mass is 10.0. The van der Waals surface area contributed by atoms with Crippen LogP contribution in [-0.4, -0.2) is 49.7 Å². The summed E-state index contributed by atoms with van der Waals surface area (Å²) in [6.45, 7) is 14.7. The van der Waals surface area contributed by atoms with Gasteiger partial charge in [0, 0.05) is 30.4 Å². The van der Waals surface area contributed by atoms with Crippen LogP contribution in [0.1, 0.15) is 31.9 Å². The molecular formula is C22H33N3O3Si. The molecule has 0 unspecified atom stereocenters. The van der Waals surface area contributed by atoms with Crippen LogP contribution in [0.5, 0.6) is 0 Å². The van der Waals surface area contributed by atoms with Gasteiger partial charge in [-0.05, 0) is 29.8 Å². The molecule has 1 N–H and O–H groups in total. The van der Waals surface area contributed by atoms with Gasteiger partial charge in [-0.3, -0.25) is 0 Å². The van der Waals surface area contributed by atoms with E-state index < -0.39 is 8.32 Å². The zero-order valence-electron chi connectivity index (χ0n) is 18.2. The lowest BCUT2D eigenvalue weighted by Gasteiger charge is -2.36. The summed E-state index contributed by atoms with van der Waals surface area (Å²) in [7, 11) is -1.82. The van der Waals surface area contributed by atoms with E-state index in [4.69, 9.17) is 14.1 Å². The molecule has 1 aromatic heterocycles. The minimum atomic E-state index is -1.82. The first-order valence-corrected chi connectivity index (χ1v) is 13.1. The third-order valence-corrected chi connectivity index (χ3v) is 10.4. The molecule has 29 heavy (non-hydrogen) atoms. The Hall–Kier alpha value is -1.80. The van der Waals surface area contributed by atoms with E-state index in [0.29, 0.717) is 25.8 Å². The second kappa shape index (κ2) is 8.91. The van der Waals surface area contributed by atoms with E-state index in [1.165, 1.54) is 0 Å². The van der Waals surface area contributed by atoms with Crippen molar-refractivity contribution in [3.8, 4) is 11.3 Å². The number of aromatic nitrogens is 2. The van der Waals surface area contributed by atoms with Gasteiger partial charge in [-0.1, -0.05) is 39.0 Å². The number of anilines is 1. The van der Waals surface area contributed by atoms with Crippen molar-refractivity contribution in [3.05, 3.63) is 41.6 Å². The average Bonchev–Trinajstić information content (AvgIpc) is 2.72. The molecule has 1 aliphatic rings. The zero-order valence-corrected chi connectivity index (χ0v) is 19.2. The molecule has 0 atom stereocenters. The number of aliphatic hydroxyl groups excluding tert-OH is 1. The number of morpholine rings is 1. The number of benzene rings is 1. The van der Waals surface area contributed by atoms with Gasteiger partial charge in [-0.15, -0.1) is 0 Å². The summed E-state index contributed by atoms with van der Waals surface area (Å²) in [5, 5.41) is 9.99. The van der Waals surface area contributed by atoms with Crippen LogP contribution in [-0.2, 0) is 22.4 Å². The lowest BCUT2D eigenvalue weighted by Crippen LogP contribution is -2.40. The molecular weight excluding hydrogens is 382 g/mol. The smallest absolute Gasteiger partial charge is 0.226 e. The fourth-order valence-corrected chi connectivity index (χ4v) is 3.93. The fourth-order valence-electron chi connectivity index (χ4n) is 2.97. The van der Waals surface area contributed by atoms with Gasteiger partial charge in [-0.25, -0.2) is 9.97 Å². The van der Waals surface area contributed by atoms with Crippen LogP contribution in [0.15, 0.2) is 30.5 Å². The molecule has 7 heteroatoms. The molecule has 6 nitrogen and oxygen atoms in total. The molecule has 1 saturated heterocycles. The van der Waals surface area contributed by atoms with Gasteiger partial charge >= 0.3 is 0 Å². The molecule has 2 heterocycles. The lowest BCUT2D eigenvalue weighted by molar-refractivity contribution is 0.122. The van der Waals surface area contributed by atoms with Gasteiger partial charge in [0.25, 0.3) is 0 Å². The minimum Gasteiger partial charge on any atom is -0.413 e. The Labute approximate surface area is 175 Å². The van der Waals surface area contributed by atoms with Crippen LogP contribution in [0.25, 0.3) is 11.3 Å². The standard InChI is InChI=1S/C22H33N3O3Si/c1-22(2,3)29(4,5)28-16-17-7-6-8-18(13-17)20-19(15-26)14-23-21(24-20)25-9-11-27-12-10-25/h6-8,13-14,26H,9-12,15-16H2,1-5H3. The Balaban J connectivity index is 1.85. The Morgan fingerprint density at radius 2 is 1.93 bits per heavy atom. The molecule has 0 saturated carbocycles. The highest BCUT2D eigenvalue weighted by Gasteiger charge is 2.37. The summed E-state index contributed by atoms with van der Waals surface area (Å²) >= 11 is 0. The topological polar surface area (TPSA) is 67.7 Å². The molecule has 0 amide bonds. The van der Waals surface area contributed by atoms with Gasteiger partial charge in [-0.2, -0.15) is 0 Å². The third-order valence-electron chi connectivity index (χ3n) is 5.92. The van der Waals surface area contributed by atoms with E-state index in [-0.39, 0.29) is 11.6 Å². The normalized spacial score (nSPS) is 15.6. The first-order valence-electron chi connectivity index (χ1n) is 10.2. The van der Waals surface area contributed by atoms with Gasteiger partial charge in [0.15, 0.2) is 8.32 Å². The second-order valence-electron chi connectivity index (χ2n) is 9.05. The SMILES string of the molecule is CC(C)(C)[Si](C)(C)OCc1cccc(-c2nc(N3CCOCC3)ncc2CO)c1. The highest BCUT2D eigenvalue weighted by Crippen LogP contribution is 2.37. The summed E-state index contributed by atoms with van der Waals surface area (Å²) < 4.78 is 11.8. The molecule has 1 fully saturated rings. The van der Waals surface area contributed by atoms with Crippen LogP contribution >= 0.6 is 0 Å². The maximum absolute atomic E-state index is 9.82. The van der Waals surface area contributed by atoms with Crippen molar-refractivity contribution >= 4 is 14.3 Å². The Bertz CT molecular complexity index is 830. The third kappa shape index (κ3) is 5.22. The number of aliphatic hydroxyl groups is 1. The maximum atomic E-state index is 9.82. The minimum absolute atomic E-state index is 0.0938. The molecule has 1 aliphatic heterocycles. The predicted octanol–water partition coefficient (Wildman–Crippen LogP) is 3.99. The molecule has 0 aliphatic carbocycles. The molecule has 0 spiro atoms. The van der Waals surface area contributed by atoms with E-state index in [2.05, 4.69) is 55.9 Å². The number of hydrogen-bond acceptors (Lipinski definition) is 6. The summed E-state index contributed by atoms with van der Waals surface area (Å²) in [4.78, 5) is 11.4. The quantitative estimate of drug-likeness (QED) is 0.720. The Morgan fingerprint density at radius 3 is 2.59 bits per heavy atom. The zero-order chi connectivity index (χ0) is 21.1. The molecule has 0 radical (unpaired) electrons. The van der Waals surface area contributed by atoms with Crippen molar-refractivity contribution in [1.82, 2.24) is 9.97 Å². The van der Waals surface area contributed by atoms with Crippen molar-refractivity contribution in [2.45, 2.75) is 52.1 Å². The van der Waals surface area contributed by atoms with E-state index in [9.17, 15) is 5.11 Å². The van der Waals surface area contributed by atoms with Gasteiger partial charge in [0.05, 0.1) is 32.1 Å². The highest BCUT2D eigenvalue weighted by molar-refractivity contribution is 6.74. The second-order valence-corrected chi connectivity index (χ2v) is 13.9. The number of ether oxygens (including phenoxy) is 1. The largest absolute Gasteiger partial charge is 0.413 e. The van der Waals surface area contributed by atoms with Crippen molar-refractivity contribution in [2.75, 3.05) is 31.2 Å². The predicted molar refractivity (Wildman–Crippen MR) is 118 cm³/mol. The van der Waals surface area contributed by atoms with Gasteiger partial charge in [0.2, 0.25) is 5.95 Å². The first-order chi connectivity index (χ1) is 13.7. The maximum Gasteiger partial charge on any atom is 0.226 e. The van der Waals surface area contributed by atoms with Crippen LogP contribution in [0, 0.1) is 0 Å². The Morgan fingerprint density at radius 1 is 1.21 bits per heavy atom. The molecule has 2 aromatic rings. The van der Waals surface area contributed by atoms with Gasteiger partial charge < -0.3 is 19.2 Å². The summed E-state index contributed by atoms with van der Waals surface area (Å²) in [5.41, 5.74) is 3.59. The molecule has 1 aromatic carbocycles. The van der Waals surface area contributed by atoms with E-state index >= 15 is 0 Å². The van der Waals surface area contributed by atoms with Crippen LogP contribution < -0.4 is 4.90 Å². The van der Waals surface area contributed by atoms with E-state index in [1.807, 2.05) is 12.1 Å². The monoisotopic (exact) mass is 415 g/mol. The number of nitrogens with zero attached hydrogens (tertiary/aromatic N) is 3. The first kappa shape index (κ1) is 21.9. The summed E-state index contributed by atoms with van der Waals surface area (Å²) in [6, 6.07) is 8.24. The fraction of sp³-hybridized carbons (Fsp3) is 0.545. The summed E-state index contributed by atoms with van der Waals surface area (Å²) in [5.74, 6) is 0.684. The highest BCUT2D eigenvalue weighted by atomic mass is 28.4. The van der Waals surface area contributed by atoms with Crippen molar-refractivity contribution in [3.63, 3.8) is 0 Å². The van der Waals surface area contributed by atoms with Crippen LogP contribution in [0.2, 0.25) is 18.1 Å². The Kier molecular flexibility index (Phi) is 6.73. The van der Waals surface area contributed by atoms with Crippen LogP contribution in [0.3, 0.4) is 0 Å². The number of hydrogen-bond donors (Lipinski definition) is 1. The van der Waals surface area contributed by atoms with Crippen molar-refractivity contribution in [1.29, 1.82) is 0 Å². The van der Waals surface area contributed by atoms with Crippen molar-refractivity contribution < 1.29 is 14.3 Å². The van der Waals surface area contributed by atoms with Crippen molar-refractivity contribution in [2.24, 2.45) is 0 Å². The van der Waals surface area contributed by atoms with E-state index in [1.54, 1.807) is 6.20 Å². The average molecular weight is 416 g/mol.